The first-order chi connectivity index (χ1) is 6.50. The van der Waals surface area contributed by atoms with E-state index in [0.29, 0.717) is 11.1 Å². The maximum atomic E-state index is 12.7. The van der Waals surface area contributed by atoms with Crippen LogP contribution < -0.4 is 0 Å². The molecule has 1 aromatic carbocycles. The predicted octanol–water partition coefficient (Wildman–Crippen LogP) is 2.96. The Kier molecular flexibility index (Phi) is 3.12. The number of ketones is 1. The average Bonchev–Trinajstić information content (AvgIpc) is 2.11. The molecule has 3 heteroatoms. The molecule has 1 nitrogen and oxygen atoms in total. The van der Waals surface area contributed by atoms with Gasteiger partial charge in [0.25, 0.3) is 0 Å². The monoisotopic (exact) mass is 196 g/mol. The summed E-state index contributed by atoms with van der Waals surface area (Å²) in [7, 11) is 0. The molecule has 0 unspecified atom stereocenters. The molecule has 0 radical (unpaired) electrons. The Morgan fingerprint density at radius 3 is 2.36 bits per heavy atom. The SMILES string of the molecule is CC(=O)/C(C)=C\c1ccc(F)c(F)c1. The van der Waals surface area contributed by atoms with Crippen LogP contribution in [0.1, 0.15) is 19.4 Å². The topological polar surface area (TPSA) is 17.1 Å². The van der Waals surface area contributed by atoms with Gasteiger partial charge in [0.2, 0.25) is 0 Å². The van der Waals surface area contributed by atoms with Crippen LogP contribution in [0.2, 0.25) is 0 Å². The molecule has 0 amide bonds. The highest BCUT2D eigenvalue weighted by molar-refractivity contribution is 5.97. The summed E-state index contributed by atoms with van der Waals surface area (Å²) < 4.78 is 25.3. The first-order valence-electron chi connectivity index (χ1n) is 4.15. The maximum absolute atomic E-state index is 12.7. The summed E-state index contributed by atoms with van der Waals surface area (Å²) in [6.45, 7) is 3.05. The lowest BCUT2D eigenvalue weighted by molar-refractivity contribution is -0.113. The third kappa shape index (κ3) is 2.49. The lowest BCUT2D eigenvalue weighted by Gasteiger charge is -1.97. The summed E-state index contributed by atoms with van der Waals surface area (Å²) in [4.78, 5) is 10.9. The van der Waals surface area contributed by atoms with Crippen LogP contribution in [0.3, 0.4) is 0 Å². The first-order valence-corrected chi connectivity index (χ1v) is 4.15. The molecule has 0 saturated carbocycles. The van der Waals surface area contributed by atoms with Crippen LogP contribution in [-0.2, 0) is 4.79 Å². The van der Waals surface area contributed by atoms with Crippen molar-refractivity contribution in [3.8, 4) is 0 Å². The summed E-state index contributed by atoms with van der Waals surface area (Å²) >= 11 is 0. The number of halogens is 2. The van der Waals surface area contributed by atoms with Crippen LogP contribution in [0, 0.1) is 11.6 Å². The molecule has 14 heavy (non-hydrogen) atoms. The van der Waals surface area contributed by atoms with E-state index in [9.17, 15) is 13.6 Å². The lowest BCUT2D eigenvalue weighted by atomic mass is 10.1. The van der Waals surface area contributed by atoms with Gasteiger partial charge in [-0.2, -0.15) is 0 Å². The van der Waals surface area contributed by atoms with Gasteiger partial charge in [-0.05, 0) is 43.2 Å². The van der Waals surface area contributed by atoms with E-state index in [1.807, 2.05) is 0 Å². The van der Waals surface area contributed by atoms with E-state index in [4.69, 9.17) is 0 Å². The van der Waals surface area contributed by atoms with Gasteiger partial charge in [-0.25, -0.2) is 8.78 Å². The van der Waals surface area contributed by atoms with Gasteiger partial charge in [-0.3, -0.25) is 4.79 Å². The molecule has 0 spiro atoms. The van der Waals surface area contributed by atoms with Crippen molar-refractivity contribution in [1.82, 2.24) is 0 Å². The highest BCUT2D eigenvalue weighted by Crippen LogP contribution is 2.12. The Morgan fingerprint density at radius 2 is 1.86 bits per heavy atom. The van der Waals surface area contributed by atoms with Crippen molar-refractivity contribution in [3.63, 3.8) is 0 Å². The number of carbonyl (C=O) groups is 1. The lowest BCUT2D eigenvalue weighted by Crippen LogP contribution is -1.91. The zero-order valence-corrected chi connectivity index (χ0v) is 7.97. The molecule has 0 aliphatic rings. The van der Waals surface area contributed by atoms with Crippen molar-refractivity contribution in [1.29, 1.82) is 0 Å². The van der Waals surface area contributed by atoms with Crippen LogP contribution in [0.15, 0.2) is 23.8 Å². The molecule has 0 aliphatic heterocycles. The van der Waals surface area contributed by atoms with E-state index in [0.717, 1.165) is 12.1 Å². The van der Waals surface area contributed by atoms with Gasteiger partial charge in [0.05, 0.1) is 0 Å². The molecule has 0 heterocycles. The second kappa shape index (κ2) is 4.13. The number of hydrogen-bond donors (Lipinski definition) is 0. The fraction of sp³-hybridized carbons (Fsp3) is 0.182. The number of hydrogen-bond acceptors (Lipinski definition) is 1. The van der Waals surface area contributed by atoms with Crippen LogP contribution in [0.4, 0.5) is 8.78 Å². The molecule has 0 saturated heterocycles. The average molecular weight is 196 g/mol. The normalized spacial score (nSPS) is 11.6. The molecule has 0 aliphatic carbocycles. The van der Waals surface area contributed by atoms with Crippen LogP contribution in [0.25, 0.3) is 6.08 Å². The van der Waals surface area contributed by atoms with Gasteiger partial charge in [0.15, 0.2) is 17.4 Å². The largest absolute Gasteiger partial charge is 0.295 e. The number of allylic oxidation sites excluding steroid dienone is 1. The minimum atomic E-state index is -0.907. The van der Waals surface area contributed by atoms with E-state index in [1.165, 1.54) is 19.1 Å². The van der Waals surface area contributed by atoms with E-state index in [2.05, 4.69) is 0 Å². The van der Waals surface area contributed by atoms with Gasteiger partial charge < -0.3 is 0 Å². The van der Waals surface area contributed by atoms with Crippen molar-refractivity contribution in [2.24, 2.45) is 0 Å². The highest BCUT2D eigenvalue weighted by Gasteiger charge is 2.02. The summed E-state index contributed by atoms with van der Waals surface area (Å²) in [5, 5.41) is 0. The molecule has 1 aromatic rings. The van der Waals surface area contributed by atoms with Crippen molar-refractivity contribution >= 4 is 11.9 Å². The second-order valence-electron chi connectivity index (χ2n) is 3.06. The summed E-state index contributed by atoms with van der Waals surface area (Å²) in [5.41, 5.74) is 0.993. The van der Waals surface area contributed by atoms with Gasteiger partial charge in [0.1, 0.15) is 0 Å². The standard InChI is InChI=1S/C11H10F2O/c1-7(8(2)14)5-9-3-4-10(12)11(13)6-9/h3-6H,1-2H3/b7-5-. The van der Waals surface area contributed by atoms with Gasteiger partial charge in [-0.15, -0.1) is 0 Å². The van der Waals surface area contributed by atoms with Crippen LogP contribution >= 0.6 is 0 Å². The van der Waals surface area contributed by atoms with E-state index >= 15 is 0 Å². The van der Waals surface area contributed by atoms with Crippen molar-refractivity contribution in [2.75, 3.05) is 0 Å². The van der Waals surface area contributed by atoms with E-state index in [-0.39, 0.29) is 5.78 Å². The zero-order chi connectivity index (χ0) is 10.7. The summed E-state index contributed by atoms with van der Waals surface area (Å²) in [6.07, 6.45) is 1.52. The Hall–Kier alpha value is -1.51. The third-order valence-electron chi connectivity index (χ3n) is 1.88. The third-order valence-corrected chi connectivity index (χ3v) is 1.88. The number of carbonyl (C=O) groups excluding carboxylic acids is 1. The minimum Gasteiger partial charge on any atom is -0.295 e. The van der Waals surface area contributed by atoms with Crippen molar-refractivity contribution in [3.05, 3.63) is 41.0 Å². The Labute approximate surface area is 81.1 Å². The highest BCUT2D eigenvalue weighted by atomic mass is 19.2. The van der Waals surface area contributed by atoms with Gasteiger partial charge in [0, 0.05) is 0 Å². The smallest absolute Gasteiger partial charge is 0.159 e. The molecule has 0 atom stereocenters. The molecule has 0 fully saturated rings. The zero-order valence-electron chi connectivity index (χ0n) is 7.97. The maximum Gasteiger partial charge on any atom is 0.159 e. The second-order valence-corrected chi connectivity index (χ2v) is 3.06. The van der Waals surface area contributed by atoms with Crippen molar-refractivity contribution in [2.45, 2.75) is 13.8 Å². The molecular weight excluding hydrogens is 186 g/mol. The summed E-state index contributed by atoms with van der Waals surface area (Å²) in [5.74, 6) is -1.88. The van der Waals surface area contributed by atoms with E-state index < -0.39 is 11.6 Å². The van der Waals surface area contributed by atoms with Crippen LogP contribution in [0.5, 0.6) is 0 Å². The van der Waals surface area contributed by atoms with Gasteiger partial charge >= 0.3 is 0 Å². The quantitative estimate of drug-likeness (QED) is 0.664. The Balaban J connectivity index is 3.04. The fourth-order valence-corrected chi connectivity index (χ4v) is 0.954. The number of rotatable bonds is 2. The summed E-state index contributed by atoms with van der Waals surface area (Å²) in [6, 6.07) is 3.52. The molecule has 0 bridgehead atoms. The van der Waals surface area contributed by atoms with Crippen molar-refractivity contribution < 1.29 is 13.6 Å². The number of Topliss-reactive ketones (excluding diaryl/α,β-unsaturated/α-hetero) is 1. The number of benzene rings is 1. The minimum absolute atomic E-state index is 0.0882. The van der Waals surface area contributed by atoms with Crippen LogP contribution in [-0.4, -0.2) is 5.78 Å². The first kappa shape index (κ1) is 10.6. The predicted molar refractivity (Wildman–Crippen MR) is 50.7 cm³/mol. The van der Waals surface area contributed by atoms with Gasteiger partial charge in [-0.1, -0.05) is 6.07 Å². The Morgan fingerprint density at radius 1 is 1.21 bits per heavy atom. The molecular formula is C11H10F2O. The van der Waals surface area contributed by atoms with E-state index in [1.54, 1.807) is 6.92 Å². The molecule has 1 rings (SSSR count). The molecule has 0 aromatic heterocycles. The fourth-order valence-electron chi connectivity index (χ4n) is 0.954. The molecule has 74 valence electrons. The molecule has 0 N–H and O–H groups in total. The Bertz CT molecular complexity index is 394.